The highest BCUT2D eigenvalue weighted by molar-refractivity contribution is 7.86. The maximum Gasteiger partial charge on any atom is 0.296 e. The van der Waals surface area contributed by atoms with E-state index in [1.54, 1.807) is 0 Å². The first kappa shape index (κ1) is 28.7. The molecular formula is C22H17N5O10S3. The number of phenols is 1. The Morgan fingerprint density at radius 3 is 1.48 bits per heavy atom. The van der Waals surface area contributed by atoms with Crippen molar-refractivity contribution in [3.63, 3.8) is 0 Å². The summed E-state index contributed by atoms with van der Waals surface area (Å²) >= 11 is 0. The molecule has 0 aliphatic carbocycles. The molecule has 18 heteroatoms. The first-order valence-corrected chi connectivity index (χ1v) is 14.9. The summed E-state index contributed by atoms with van der Waals surface area (Å²) in [6, 6.07) is 13.2. The molecule has 6 N–H and O–H groups in total. The predicted molar refractivity (Wildman–Crippen MR) is 141 cm³/mol. The summed E-state index contributed by atoms with van der Waals surface area (Å²) in [7, 11) is -14.1. The summed E-state index contributed by atoms with van der Waals surface area (Å²) in [6.07, 6.45) is 0. The van der Waals surface area contributed by atoms with Crippen LogP contribution in [0.1, 0.15) is 0 Å². The smallest absolute Gasteiger partial charge is 0.296 e. The van der Waals surface area contributed by atoms with E-state index in [4.69, 9.17) is 10.3 Å². The highest BCUT2D eigenvalue weighted by Crippen LogP contribution is 2.44. The highest BCUT2D eigenvalue weighted by atomic mass is 32.2. The van der Waals surface area contributed by atoms with Crippen LogP contribution in [0.5, 0.6) is 5.75 Å². The Balaban J connectivity index is 1.67. The summed E-state index contributed by atoms with van der Waals surface area (Å²) in [5.41, 5.74) is 5.61. The summed E-state index contributed by atoms with van der Waals surface area (Å²) in [6.45, 7) is 0. The van der Waals surface area contributed by atoms with Crippen LogP contribution < -0.4 is 5.73 Å². The Kier molecular flexibility index (Phi) is 7.41. The number of anilines is 1. The number of hydrogen-bond acceptors (Lipinski definition) is 12. The molecule has 0 aliphatic rings. The first-order valence-electron chi connectivity index (χ1n) is 10.6. The molecule has 0 unspecified atom stereocenters. The number of nitrogens with zero attached hydrogens (tertiary/aromatic N) is 4. The van der Waals surface area contributed by atoms with Gasteiger partial charge in [0.2, 0.25) is 0 Å². The van der Waals surface area contributed by atoms with E-state index >= 15 is 0 Å². The molecular weight excluding hydrogens is 590 g/mol. The van der Waals surface area contributed by atoms with Gasteiger partial charge in [0.05, 0.1) is 26.9 Å². The zero-order chi connectivity index (χ0) is 29.5. The molecule has 4 rings (SSSR count). The van der Waals surface area contributed by atoms with Crippen molar-refractivity contribution in [2.24, 2.45) is 20.5 Å². The van der Waals surface area contributed by atoms with Gasteiger partial charge in [0.15, 0.2) is 5.75 Å². The molecule has 0 saturated carbocycles. The van der Waals surface area contributed by atoms with Crippen molar-refractivity contribution in [1.82, 2.24) is 0 Å². The summed E-state index contributed by atoms with van der Waals surface area (Å²) in [5.74, 6) is -0.821. The van der Waals surface area contributed by atoms with Crippen molar-refractivity contribution in [3.8, 4) is 5.75 Å². The molecule has 0 amide bonds. The highest BCUT2D eigenvalue weighted by Gasteiger charge is 2.24. The molecule has 0 fully saturated rings. The van der Waals surface area contributed by atoms with E-state index in [1.165, 1.54) is 36.4 Å². The van der Waals surface area contributed by atoms with Crippen LogP contribution in [0.3, 0.4) is 0 Å². The molecule has 0 aromatic heterocycles. The molecule has 0 heterocycles. The molecule has 4 aromatic carbocycles. The van der Waals surface area contributed by atoms with Gasteiger partial charge in [-0.1, -0.05) is 0 Å². The van der Waals surface area contributed by atoms with E-state index in [1.807, 2.05) is 0 Å². The molecule has 4 aromatic rings. The lowest BCUT2D eigenvalue weighted by molar-refractivity contribution is 0.472. The minimum atomic E-state index is -5.01. The molecule has 0 aliphatic heterocycles. The largest absolute Gasteiger partial charge is 0.505 e. The van der Waals surface area contributed by atoms with E-state index in [9.17, 15) is 39.5 Å². The Hall–Kier alpha value is -4.33. The maximum atomic E-state index is 12.0. The number of hydrogen-bond donors (Lipinski definition) is 5. The monoisotopic (exact) mass is 607 g/mol. The van der Waals surface area contributed by atoms with Crippen LogP contribution in [0.15, 0.2) is 102 Å². The van der Waals surface area contributed by atoms with Gasteiger partial charge in [-0.15, -0.1) is 5.11 Å². The van der Waals surface area contributed by atoms with Gasteiger partial charge in [-0.2, -0.15) is 40.6 Å². The second-order valence-electron chi connectivity index (χ2n) is 8.02. The fraction of sp³-hybridized carbons (Fsp3) is 0. The van der Waals surface area contributed by atoms with E-state index in [0.717, 1.165) is 30.3 Å². The van der Waals surface area contributed by atoms with Gasteiger partial charge in [0, 0.05) is 11.1 Å². The van der Waals surface area contributed by atoms with Crippen molar-refractivity contribution < 1.29 is 44.0 Å². The number of azo groups is 2. The normalized spacial score (nSPS) is 13.0. The number of phenolic OH excluding ortho intramolecular Hbond substituents is 1. The van der Waals surface area contributed by atoms with Crippen LogP contribution in [0.25, 0.3) is 10.8 Å². The zero-order valence-electron chi connectivity index (χ0n) is 19.7. The quantitative estimate of drug-likeness (QED) is 0.109. The summed E-state index contributed by atoms with van der Waals surface area (Å²) < 4.78 is 97.2. The average Bonchev–Trinajstić information content (AvgIpc) is 2.85. The minimum Gasteiger partial charge on any atom is -0.505 e. The lowest BCUT2D eigenvalue weighted by Crippen LogP contribution is -2.02. The van der Waals surface area contributed by atoms with Gasteiger partial charge < -0.3 is 10.8 Å². The van der Waals surface area contributed by atoms with Crippen molar-refractivity contribution in [2.45, 2.75) is 14.7 Å². The molecule has 0 radical (unpaired) electrons. The van der Waals surface area contributed by atoms with Crippen LogP contribution in [0, 0.1) is 0 Å². The average molecular weight is 608 g/mol. The van der Waals surface area contributed by atoms with Crippen LogP contribution in [0.2, 0.25) is 0 Å². The molecule has 40 heavy (non-hydrogen) atoms. The van der Waals surface area contributed by atoms with Gasteiger partial charge in [0.25, 0.3) is 30.4 Å². The van der Waals surface area contributed by atoms with Gasteiger partial charge in [0.1, 0.15) is 10.6 Å². The van der Waals surface area contributed by atoms with Gasteiger partial charge >= 0.3 is 0 Å². The predicted octanol–water partition coefficient (Wildman–Crippen LogP) is 4.70. The van der Waals surface area contributed by atoms with E-state index < -0.39 is 51.6 Å². The SMILES string of the molecule is Nc1cc(S(=O)(=O)O)cc2cc(S(=O)(=O)O)c(N=Nc3ccc(N=Nc4ccc(S(=O)(=O)O)cc4)cc3)c(O)c12. The van der Waals surface area contributed by atoms with Crippen LogP contribution >= 0.6 is 0 Å². The third-order valence-corrected chi connectivity index (χ3v) is 7.83. The second-order valence-corrected chi connectivity index (χ2v) is 12.3. The van der Waals surface area contributed by atoms with Gasteiger partial charge in [-0.3, -0.25) is 13.7 Å². The topological polar surface area (TPSA) is 259 Å². The third kappa shape index (κ3) is 6.28. The molecule has 0 spiro atoms. The Morgan fingerprint density at radius 2 is 1.02 bits per heavy atom. The Morgan fingerprint density at radius 1 is 0.575 bits per heavy atom. The maximum absolute atomic E-state index is 12.0. The van der Waals surface area contributed by atoms with Crippen molar-refractivity contribution >= 4 is 69.6 Å². The number of aromatic hydroxyl groups is 1. The van der Waals surface area contributed by atoms with Crippen molar-refractivity contribution in [1.29, 1.82) is 0 Å². The van der Waals surface area contributed by atoms with Crippen molar-refractivity contribution in [3.05, 3.63) is 66.7 Å². The lowest BCUT2D eigenvalue weighted by Gasteiger charge is -2.11. The molecule has 0 atom stereocenters. The molecule has 0 bridgehead atoms. The van der Waals surface area contributed by atoms with E-state index in [0.29, 0.717) is 11.4 Å². The lowest BCUT2D eigenvalue weighted by atomic mass is 10.1. The summed E-state index contributed by atoms with van der Waals surface area (Å²) in [4.78, 5) is -1.88. The Labute approximate surface area is 226 Å². The molecule has 208 valence electrons. The van der Waals surface area contributed by atoms with Crippen LogP contribution in [-0.2, 0) is 30.4 Å². The Bertz CT molecular complexity index is 2030. The zero-order valence-corrected chi connectivity index (χ0v) is 22.1. The molecule has 0 saturated heterocycles. The standard InChI is InChI=1S/C22H17N5O10S3/c23-18-11-17(39(32,33)34)9-12-10-19(40(35,36)37)21(22(28)20(12)18)27-26-14-3-1-13(2-4-14)24-25-15-5-7-16(8-6-15)38(29,30)31/h1-11,28H,23H2,(H,29,30,31)(H,32,33,34)(H,35,36,37). The van der Waals surface area contributed by atoms with Gasteiger partial charge in [-0.05, 0) is 72.1 Å². The number of benzene rings is 4. The molecule has 15 nitrogen and oxygen atoms in total. The number of nitrogens with two attached hydrogens (primary N) is 1. The minimum absolute atomic E-state index is 0.159. The van der Waals surface area contributed by atoms with Crippen LogP contribution in [-0.4, -0.2) is 44.0 Å². The first-order chi connectivity index (χ1) is 18.5. The number of fused-ring (bicyclic) bond motifs is 1. The fourth-order valence-electron chi connectivity index (χ4n) is 3.43. The van der Waals surface area contributed by atoms with Crippen LogP contribution in [0.4, 0.5) is 28.4 Å². The third-order valence-electron chi connectivity index (χ3n) is 5.26. The summed E-state index contributed by atoms with van der Waals surface area (Å²) in [5, 5.41) is 25.8. The fourth-order valence-corrected chi connectivity index (χ4v) is 5.12. The second kappa shape index (κ2) is 10.3. The van der Waals surface area contributed by atoms with E-state index in [-0.39, 0.29) is 27.0 Å². The number of rotatable bonds is 7. The van der Waals surface area contributed by atoms with Gasteiger partial charge in [-0.25, -0.2) is 0 Å². The van der Waals surface area contributed by atoms with E-state index in [2.05, 4.69) is 20.5 Å². The van der Waals surface area contributed by atoms with Crippen molar-refractivity contribution in [2.75, 3.05) is 5.73 Å². The number of nitrogen functional groups attached to an aromatic ring is 1.